The van der Waals surface area contributed by atoms with Crippen molar-refractivity contribution in [1.82, 2.24) is 19.5 Å². The second-order valence-corrected chi connectivity index (χ2v) is 4.09. The fourth-order valence-corrected chi connectivity index (χ4v) is 2.24. The first-order chi connectivity index (χ1) is 6.69. The molecule has 8 heteroatoms. The van der Waals surface area contributed by atoms with E-state index in [0.29, 0.717) is 5.96 Å². The topological polar surface area (TPSA) is 86.5 Å². The summed E-state index contributed by atoms with van der Waals surface area (Å²) in [5.74, 6) is 1.15. The number of aliphatic imine (C=N–C) groups is 1. The van der Waals surface area contributed by atoms with Crippen LogP contribution in [-0.4, -0.2) is 17.6 Å². The first kappa shape index (κ1) is 10.2. The zero-order valence-corrected chi connectivity index (χ0v) is 10.3. The third kappa shape index (κ3) is 2.01. The molecule has 2 aliphatic heterocycles. The number of halogens is 1. The minimum atomic E-state index is -0.0860. The Morgan fingerprint density at radius 3 is 3.07 bits per heavy atom. The molecular formula is C6H11IN6S. The highest BCUT2D eigenvalue weighted by Gasteiger charge is 2.26. The quantitative estimate of drug-likeness (QED) is 0.214. The zero-order chi connectivity index (χ0) is 10.1. The summed E-state index contributed by atoms with van der Waals surface area (Å²) < 4.78 is 2.97. The smallest absolute Gasteiger partial charge is 0.196 e. The molecule has 2 unspecified atom stereocenters. The number of hydrogen-bond acceptors (Lipinski definition) is 7. The molecule has 78 valence electrons. The molecule has 0 aromatic carbocycles. The Morgan fingerprint density at radius 1 is 1.57 bits per heavy atom. The van der Waals surface area contributed by atoms with Crippen LogP contribution in [0.25, 0.3) is 0 Å². The number of nitrogens with zero attached hydrogens (tertiary/aromatic N) is 1. The predicted octanol–water partition coefficient (Wildman–Crippen LogP) is -0.865. The zero-order valence-electron chi connectivity index (χ0n) is 7.21. The van der Waals surface area contributed by atoms with E-state index in [1.54, 1.807) is 0 Å². The van der Waals surface area contributed by atoms with E-state index in [-0.39, 0.29) is 11.7 Å². The van der Waals surface area contributed by atoms with Crippen LogP contribution < -0.4 is 25.2 Å². The van der Waals surface area contributed by atoms with E-state index < -0.39 is 0 Å². The molecule has 0 spiro atoms. The SMILES string of the molecule is NC1=NC(NI)=C2CC(N1)NC(S)N2. The van der Waals surface area contributed by atoms with Crippen molar-refractivity contribution in [2.24, 2.45) is 10.7 Å². The average Bonchev–Trinajstić information content (AvgIpc) is 2.22. The molecule has 6 N–H and O–H groups in total. The Kier molecular flexibility index (Phi) is 2.93. The summed E-state index contributed by atoms with van der Waals surface area (Å²) in [6.45, 7) is 0. The van der Waals surface area contributed by atoms with E-state index in [9.17, 15) is 0 Å². The summed E-state index contributed by atoms with van der Waals surface area (Å²) in [5.41, 5.74) is 6.60. The second kappa shape index (κ2) is 4.03. The van der Waals surface area contributed by atoms with Crippen LogP contribution in [0.4, 0.5) is 0 Å². The van der Waals surface area contributed by atoms with Gasteiger partial charge in [0.2, 0.25) is 0 Å². The summed E-state index contributed by atoms with van der Waals surface area (Å²) in [5, 5.41) is 9.40. The monoisotopic (exact) mass is 326 g/mol. The Labute approximate surface area is 101 Å². The fourth-order valence-electron chi connectivity index (χ4n) is 1.45. The normalized spacial score (nSPS) is 31.1. The Hall–Kier alpha value is -0.350. The van der Waals surface area contributed by atoms with E-state index in [1.165, 1.54) is 0 Å². The van der Waals surface area contributed by atoms with Crippen LogP contribution in [0.5, 0.6) is 0 Å². The van der Waals surface area contributed by atoms with Gasteiger partial charge in [0.05, 0.1) is 34.7 Å². The molecule has 0 aromatic rings. The van der Waals surface area contributed by atoms with Crippen LogP contribution in [0.15, 0.2) is 16.5 Å². The van der Waals surface area contributed by atoms with Gasteiger partial charge in [-0.15, -0.1) is 12.6 Å². The van der Waals surface area contributed by atoms with Crippen molar-refractivity contribution >= 4 is 41.5 Å². The molecule has 6 nitrogen and oxygen atoms in total. The molecule has 0 amide bonds. The third-order valence-corrected chi connectivity index (χ3v) is 2.80. The van der Waals surface area contributed by atoms with Crippen molar-refractivity contribution in [3.05, 3.63) is 11.5 Å². The Morgan fingerprint density at radius 2 is 2.36 bits per heavy atom. The summed E-state index contributed by atoms with van der Waals surface area (Å²) >= 11 is 6.33. The molecule has 2 heterocycles. The van der Waals surface area contributed by atoms with Crippen molar-refractivity contribution < 1.29 is 0 Å². The van der Waals surface area contributed by atoms with Crippen LogP contribution in [0.3, 0.4) is 0 Å². The minimum absolute atomic E-state index is 0.0831. The largest absolute Gasteiger partial charge is 0.370 e. The predicted molar refractivity (Wildman–Crippen MR) is 66.4 cm³/mol. The van der Waals surface area contributed by atoms with Gasteiger partial charge in [0, 0.05) is 6.42 Å². The minimum Gasteiger partial charge on any atom is -0.370 e. The lowest BCUT2D eigenvalue weighted by Gasteiger charge is -2.31. The number of hydrogen-bond donors (Lipinski definition) is 6. The van der Waals surface area contributed by atoms with Gasteiger partial charge in [-0.2, -0.15) is 4.99 Å². The number of guanidine groups is 1. The van der Waals surface area contributed by atoms with Crippen molar-refractivity contribution in [1.29, 1.82) is 0 Å². The third-order valence-electron chi connectivity index (χ3n) is 2.01. The molecule has 2 aliphatic rings. The molecule has 2 rings (SSSR count). The number of nitrogens with two attached hydrogens (primary N) is 1. The fraction of sp³-hybridized carbons (Fsp3) is 0.500. The lowest BCUT2D eigenvalue weighted by Crippen LogP contribution is -2.57. The van der Waals surface area contributed by atoms with Crippen LogP contribution in [0, 0.1) is 0 Å². The highest BCUT2D eigenvalue weighted by Crippen LogP contribution is 2.16. The number of fused-ring (bicyclic) bond motifs is 2. The van der Waals surface area contributed by atoms with Crippen LogP contribution in [0.2, 0.25) is 0 Å². The van der Waals surface area contributed by atoms with Crippen molar-refractivity contribution in [3.63, 3.8) is 0 Å². The first-order valence-corrected chi connectivity index (χ1v) is 5.69. The van der Waals surface area contributed by atoms with E-state index in [0.717, 1.165) is 17.9 Å². The van der Waals surface area contributed by atoms with Crippen molar-refractivity contribution in [2.45, 2.75) is 18.1 Å². The number of nitrogens with one attached hydrogen (secondary N) is 4. The maximum Gasteiger partial charge on any atom is 0.196 e. The highest BCUT2D eigenvalue weighted by molar-refractivity contribution is 14.1. The van der Waals surface area contributed by atoms with Gasteiger partial charge in [-0.1, -0.05) is 0 Å². The van der Waals surface area contributed by atoms with Crippen molar-refractivity contribution in [2.75, 3.05) is 0 Å². The molecule has 0 saturated carbocycles. The van der Waals surface area contributed by atoms with Crippen LogP contribution in [-0.2, 0) is 0 Å². The molecule has 1 fully saturated rings. The molecule has 0 aliphatic carbocycles. The van der Waals surface area contributed by atoms with Gasteiger partial charge in [-0.05, 0) is 0 Å². The Balaban J connectivity index is 2.31. The van der Waals surface area contributed by atoms with Gasteiger partial charge in [0.25, 0.3) is 0 Å². The van der Waals surface area contributed by atoms with Gasteiger partial charge >= 0.3 is 0 Å². The lowest BCUT2D eigenvalue weighted by molar-refractivity contribution is 0.391. The highest BCUT2D eigenvalue weighted by atomic mass is 127. The molecule has 2 bridgehead atoms. The van der Waals surface area contributed by atoms with Gasteiger partial charge < -0.3 is 19.9 Å². The van der Waals surface area contributed by atoms with Gasteiger partial charge in [0.15, 0.2) is 11.8 Å². The second-order valence-electron chi connectivity index (χ2n) is 3.03. The van der Waals surface area contributed by atoms with E-state index in [1.807, 2.05) is 22.9 Å². The standard InChI is InChI=1S/C6H11IN6S/c7-13-4-2-1-3(10-5(8)12-4)11-6(14)9-2/h3,6,9,11,13-14H,1H2,(H3,8,10,12). The number of rotatable bonds is 1. The van der Waals surface area contributed by atoms with Crippen molar-refractivity contribution in [3.8, 4) is 0 Å². The molecule has 14 heavy (non-hydrogen) atoms. The van der Waals surface area contributed by atoms with E-state index in [4.69, 9.17) is 5.73 Å². The summed E-state index contributed by atoms with van der Waals surface area (Å²) in [6, 6.07) is 0. The first-order valence-electron chi connectivity index (χ1n) is 4.10. The van der Waals surface area contributed by atoms with E-state index in [2.05, 4.69) is 37.1 Å². The van der Waals surface area contributed by atoms with Gasteiger partial charge in [-0.3, -0.25) is 5.32 Å². The molecule has 0 aromatic heterocycles. The summed E-state index contributed by atoms with van der Waals surface area (Å²) in [7, 11) is 0. The molecule has 2 atom stereocenters. The van der Waals surface area contributed by atoms with E-state index >= 15 is 0 Å². The van der Waals surface area contributed by atoms with Gasteiger partial charge in [-0.25, -0.2) is 0 Å². The summed E-state index contributed by atoms with van der Waals surface area (Å²) in [4.78, 5) is 4.18. The lowest BCUT2D eigenvalue weighted by atomic mass is 10.2. The summed E-state index contributed by atoms with van der Waals surface area (Å²) in [6.07, 6.45) is 0.881. The molecule has 0 radical (unpaired) electrons. The maximum atomic E-state index is 5.67. The molecular weight excluding hydrogens is 315 g/mol. The average molecular weight is 326 g/mol. The molecule has 1 saturated heterocycles. The van der Waals surface area contributed by atoms with Gasteiger partial charge in [0.1, 0.15) is 5.50 Å². The number of thiol groups is 1. The van der Waals surface area contributed by atoms with Crippen LogP contribution >= 0.6 is 35.5 Å². The van der Waals surface area contributed by atoms with Crippen LogP contribution in [0.1, 0.15) is 6.42 Å². The maximum absolute atomic E-state index is 5.67. The Bertz CT molecular complexity index is 299.